The number of hydrogen-bond donors (Lipinski definition) is 1. The van der Waals surface area contributed by atoms with Gasteiger partial charge in [0.25, 0.3) is 5.91 Å². The molecule has 1 aliphatic rings. The Morgan fingerprint density at radius 2 is 1.96 bits per heavy atom. The first kappa shape index (κ1) is 20.1. The number of benzene rings is 2. The minimum atomic E-state index is -0.591. The van der Waals surface area contributed by atoms with E-state index in [4.69, 9.17) is 22.1 Å². The zero-order valence-electron chi connectivity index (χ0n) is 15.4. The van der Waals surface area contributed by atoms with Crippen molar-refractivity contribution in [2.24, 2.45) is 11.1 Å². The van der Waals surface area contributed by atoms with Gasteiger partial charge in [-0.05, 0) is 55.3 Å². The summed E-state index contributed by atoms with van der Waals surface area (Å²) in [6, 6.07) is 12.5. The van der Waals surface area contributed by atoms with Crippen molar-refractivity contribution in [1.82, 2.24) is 4.90 Å². The third-order valence-electron chi connectivity index (χ3n) is 4.93. The number of hydrogen-bond acceptors (Lipinski definition) is 3. The maximum absolute atomic E-state index is 13.1. The van der Waals surface area contributed by atoms with Gasteiger partial charge in [-0.1, -0.05) is 17.7 Å². The van der Waals surface area contributed by atoms with Crippen molar-refractivity contribution in [1.29, 1.82) is 0 Å². The lowest BCUT2D eigenvalue weighted by Gasteiger charge is -2.42. The fourth-order valence-electron chi connectivity index (χ4n) is 3.64. The van der Waals surface area contributed by atoms with Crippen molar-refractivity contribution in [3.63, 3.8) is 0 Å². The van der Waals surface area contributed by atoms with E-state index in [2.05, 4.69) is 0 Å². The second kappa shape index (κ2) is 8.61. The molecule has 0 spiro atoms. The lowest BCUT2D eigenvalue weighted by molar-refractivity contribution is -0.122. The first-order chi connectivity index (χ1) is 13.4. The quantitative estimate of drug-likeness (QED) is 0.798. The number of carbonyl (C=O) groups excluding carboxylic acids is 2. The van der Waals surface area contributed by atoms with Crippen molar-refractivity contribution < 1.29 is 18.7 Å². The van der Waals surface area contributed by atoms with Crippen LogP contribution >= 0.6 is 11.6 Å². The molecule has 2 N–H and O–H groups in total. The number of ether oxygens (including phenoxy) is 1. The minimum absolute atomic E-state index is 0.105. The molecule has 1 fully saturated rings. The Hall–Kier alpha value is -2.60. The van der Waals surface area contributed by atoms with Crippen LogP contribution in [0.3, 0.4) is 0 Å². The normalized spacial score (nSPS) is 19.3. The Labute approximate surface area is 168 Å². The van der Waals surface area contributed by atoms with Gasteiger partial charge in [-0.15, -0.1) is 0 Å². The Balaban J connectivity index is 1.76. The second-order valence-corrected chi connectivity index (χ2v) is 7.66. The third kappa shape index (κ3) is 5.01. The molecule has 0 bridgehead atoms. The third-order valence-corrected chi connectivity index (χ3v) is 5.16. The van der Waals surface area contributed by atoms with E-state index in [9.17, 15) is 14.0 Å². The van der Waals surface area contributed by atoms with E-state index in [1.807, 2.05) is 0 Å². The van der Waals surface area contributed by atoms with Crippen molar-refractivity contribution in [3.05, 3.63) is 64.9 Å². The van der Waals surface area contributed by atoms with Crippen LogP contribution in [0.2, 0.25) is 5.02 Å². The van der Waals surface area contributed by atoms with E-state index in [1.165, 1.54) is 24.3 Å². The lowest BCUT2D eigenvalue weighted by Crippen LogP contribution is -2.50. The van der Waals surface area contributed by atoms with E-state index in [0.717, 1.165) is 6.42 Å². The highest BCUT2D eigenvalue weighted by molar-refractivity contribution is 6.30. The number of nitrogens with zero attached hydrogens (tertiary/aromatic N) is 1. The molecular formula is C21H22ClFN2O3. The standard InChI is InChI=1S/C21H22ClFN2O3/c22-16-4-1-3-15(11-16)20(27)25-10-2-9-21(13-25,12-19(24)26)14-28-18-7-5-17(23)6-8-18/h1,3-8,11H,2,9-10,12-14H2,(H2,24,26). The van der Waals surface area contributed by atoms with Gasteiger partial charge in [0.1, 0.15) is 11.6 Å². The second-order valence-electron chi connectivity index (χ2n) is 7.23. The van der Waals surface area contributed by atoms with Gasteiger partial charge in [0.2, 0.25) is 5.91 Å². The Kier molecular flexibility index (Phi) is 6.19. The lowest BCUT2D eigenvalue weighted by atomic mass is 9.77. The van der Waals surface area contributed by atoms with Crippen molar-refractivity contribution in [2.75, 3.05) is 19.7 Å². The van der Waals surface area contributed by atoms with Crippen LogP contribution in [0, 0.1) is 11.2 Å². The van der Waals surface area contributed by atoms with Crippen LogP contribution in [-0.2, 0) is 4.79 Å². The average molecular weight is 405 g/mol. The fraction of sp³-hybridized carbons (Fsp3) is 0.333. The predicted octanol–water partition coefficient (Wildman–Crippen LogP) is 3.66. The molecule has 2 amide bonds. The molecule has 1 saturated heterocycles. The first-order valence-electron chi connectivity index (χ1n) is 9.08. The van der Waals surface area contributed by atoms with Crippen LogP contribution in [0.25, 0.3) is 0 Å². The average Bonchev–Trinajstić information content (AvgIpc) is 2.67. The van der Waals surface area contributed by atoms with Crippen LogP contribution in [0.5, 0.6) is 5.75 Å². The van der Waals surface area contributed by atoms with Crippen molar-refractivity contribution in [2.45, 2.75) is 19.3 Å². The van der Waals surface area contributed by atoms with Gasteiger partial charge in [0, 0.05) is 35.5 Å². The molecule has 1 aliphatic heterocycles. The monoisotopic (exact) mass is 404 g/mol. The van der Waals surface area contributed by atoms with Gasteiger partial charge < -0.3 is 15.4 Å². The summed E-state index contributed by atoms with van der Waals surface area (Å²) in [5.74, 6) is -0.434. The van der Waals surface area contributed by atoms with Gasteiger partial charge in [-0.2, -0.15) is 0 Å². The Morgan fingerprint density at radius 3 is 2.64 bits per heavy atom. The zero-order valence-corrected chi connectivity index (χ0v) is 16.1. The summed E-state index contributed by atoms with van der Waals surface area (Å²) >= 11 is 6.00. The molecule has 1 unspecified atom stereocenters. The number of halogens is 2. The number of likely N-dealkylation sites (tertiary alicyclic amines) is 1. The molecule has 148 valence electrons. The van der Waals surface area contributed by atoms with E-state index in [0.29, 0.717) is 35.8 Å². The van der Waals surface area contributed by atoms with Gasteiger partial charge >= 0.3 is 0 Å². The minimum Gasteiger partial charge on any atom is -0.493 e. The van der Waals surface area contributed by atoms with Gasteiger partial charge in [-0.25, -0.2) is 4.39 Å². The number of rotatable bonds is 6. The number of nitrogens with two attached hydrogens (primary N) is 1. The summed E-state index contributed by atoms with van der Waals surface area (Å²) in [4.78, 5) is 26.3. The summed E-state index contributed by atoms with van der Waals surface area (Å²) in [6.45, 7) is 1.14. The van der Waals surface area contributed by atoms with Crippen LogP contribution < -0.4 is 10.5 Å². The largest absolute Gasteiger partial charge is 0.493 e. The topological polar surface area (TPSA) is 72.6 Å². The van der Waals surface area contributed by atoms with E-state index < -0.39 is 11.3 Å². The molecule has 5 nitrogen and oxygen atoms in total. The van der Waals surface area contributed by atoms with E-state index in [-0.39, 0.29) is 24.8 Å². The SMILES string of the molecule is NC(=O)CC1(COc2ccc(F)cc2)CCCN(C(=O)c2cccc(Cl)c2)C1. The van der Waals surface area contributed by atoms with Gasteiger partial charge in [-0.3, -0.25) is 9.59 Å². The van der Waals surface area contributed by atoms with Crippen LogP contribution in [-0.4, -0.2) is 36.4 Å². The molecule has 1 heterocycles. The molecule has 28 heavy (non-hydrogen) atoms. The number of carbonyl (C=O) groups is 2. The summed E-state index contributed by atoms with van der Waals surface area (Å²) < 4.78 is 18.9. The molecule has 2 aromatic carbocycles. The smallest absolute Gasteiger partial charge is 0.253 e. The summed E-state index contributed by atoms with van der Waals surface area (Å²) in [5, 5.41) is 0.492. The van der Waals surface area contributed by atoms with Crippen LogP contribution in [0.1, 0.15) is 29.6 Å². The highest BCUT2D eigenvalue weighted by Crippen LogP contribution is 2.35. The molecule has 2 aromatic rings. The Morgan fingerprint density at radius 1 is 1.21 bits per heavy atom. The van der Waals surface area contributed by atoms with Crippen molar-refractivity contribution >= 4 is 23.4 Å². The number of primary amides is 1. The summed E-state index contributed by atoms with van der Waals surface area (Å²) in [6.07, 6.45) is 1.54. The molecule has 1 atom stereocenters. The maximum atomic E-state index is 13.1. The highest BCUT2D eigenvalue weighted by atomic mass is 35.5. The maximum Gasteiger partial charge on any atom is 0.253 e. The molecule has 3 rings (SSSR count). The first-order valence-corrected chi connectivity index (χ1v) is 9.46. The molecule has 0 aliphatic carbocycles. The molecule has 0 saturated carbocycles. The highest BCUT2D eigenvalue weighted by Gasteiger charge is 2.39. The molecule has 7 heteroatoms. The van der Waals surface area contributed by atoms with Gasteiger partial charge in [0.05, 0.1) is 6.61 Å². The van der Waals surface area contributed by atoms with E-state index in [1.54, 1.807) is 29.2 Å². The summed E-state index contributed by atoms with van der Waals surface area (Å²) in [7, 11) is 0. The molecular weight excluding hydrogens is 383 g/mol. The Bertz CT molecular complexity index is 859. The zero-order chi connectivity index (χ0) is 20.1. The molecule has 0 aromatic heterocycles. The number of piperidine rings is 1. The van der Waals surface area contributed by atoms with E-state index >= 15 is 0 Å². The fourth-order valence-corrected chi connectivity index (χ4v) is 3.83. The summed E-state index contributed by atoms with van der Waals surface area (Å²) in [5.41, 5.74) is 5.40. The van der Waals surface area contributed by atoms with Crippen molar-refractivity contribution in [3.8, 4) is 5.75 Å². The van der Waals surface area contributed by atoms with Gasteiger partial charge in [0.15, 0.2) is 0 Å². The molecule has 0 radical (unpaired) electrons. The van der Waals surface area contributed by atoms with Crippen LogP contribution in [0.4, 0.5) is 4.39 Å². The number of amides is 2. The predicted molar refractivity (Wildman–Crippen MR) is 105 cm³/mol. The van der Waals surface area contributed by atoms with Crippen LogP contribution in [0.15, 0.2) is 48.5 Å².